The van der Waals surface area contributed by atoms with Crippen molar-refractivity contribution in [3.63, 3.8) is 0 Å². The van der Waals surface area contributed by atoms with Crippen molar-refractivity contribution in [3.8, 4) is 22.8 Å². The standard InChI is InChI=1S/C52H40N8/c1-51(2)37-15-5-9-19-41(37)57(42-20-10-6-16-38(42)51)35-29-25-33(26-30-35)47-53-55-49-50-56-54-48(60(50)46-24-14-13-23-45(46)59(47)49)34-27-31-36(32-28-34)58-43-21-11-7-17-39(43)52(3,4)40-18-8-12-22-44(40)58/h5-32H,1-4H3. The monoisotopic (exact) mass is 776 g/mol. The Balaban J connectivity index is 0.945. The summed E-state index contributed by atoms with van der Waals surface area (Å²) in [5, 5.41) is 19.1. The van der Waals surface area contributed by atoms with E-state index in [0.717, 1.165) is 45.2 Å². The Kier molecular flexibility index (Phi) is 7.16. The van der Waals surface area contributed by atoms with Crippen molar-refractivity contribution in [1.82, 2.24) is 29.2 Å². The van der Waals surface area contributed by atoms with Crippen LogP contribution in [0.2, 0.25) is 0 Å². The van der Waals surface area contributed by atoms with Crippen molar-refractivity contribution >= 4 is 56.5 Å². The topological polar surface area (TPSA) is 66.9 Å². The van der Waals surface area contributed by atoms with Crippen molar-refractivity contribution in [1.29, 1.82) is 0 Å². The van der Waals surface area contributed by atoms with Crippen LogP contribution in [0.15, 0.2) is 170 Å². The molecule has 0 amide bonds. The highest BCUT2D eigenvalue weighted by Gasteiger charge is 2.38. The van der Waals surface area contributed by atoms with E-state index in [-0.39, 0.29) is 10.8 Å². The fourth-order valence-corrected chi connectivity index (χ4v) is 9.94. The lowest BCUT2D eigenvalue weighted by molar-refractivity contribution is 0.632. The number of hydrogen-bond acceptors (Lipinski definition) is 6. The van der Waals surface area contributed by atoms with Gasteiger partial charge in [-0.15, -0.1) is 20.4 Å². The van der Waals surface area contributed by atoms with Crippen LogP contribution in [-0.2, 0) is 10.8 Å². The predicted octanol–water partition coefficient (Wildman–Crippen LogP) is 12.5. The minimum Gasteiger partial charge on any atom is -0.310 e. The van der Waals surface area contributed by atoms with Crippen molar-refractivity contribution in [2.24, 2.45) is 0 Å². The van der Waals surface area contributed by atoms with E-state index in [4.69, 9.17) is 20.4 Å². The quantitative estimate of drug-likeness (QED) is 0.177. The molecule has 10 aromatic rings. The molecule has 288 valence electrons. The first kappa shape index (κ1) is 34.5. The average molecular weight is 777 g/mol. The third-order valence-electron chi connectivity index (χ3n) is 12.9. The summed E-state index contributed by atoms with van der Waals surface area (Å²) in [7, 11) is 0. The molecule has 0 radical (unpaired) electrons. The Bertz CT molecular complexity index is 3010. The second-order valence-electron chi connectivity index (χ2n) is 16.9. The van der Waals surface area contributed by atoms with Crippen molar-refractivity contribution < 1.29 is 0 Å². The van der Waals surface area contributed by atoms with Crippen LogP contribution < -0.4 is 9.80 Å². The number of fused-ring (bicyclic) bond motifs is 10. The van der Waals surface area contributed by atoms with Crippen LogP contribution in [0.25, 0.3) is 45.1 Å². The predicted molar refractivity (Wildman–Crippen MR) is 242 cm³/mol. The molecule has 0 aliphatic carbocycles. The molecule has 7 aromatic carbocycles. The first-order valence-electron chi connectivity index (χ1n) is 20.5. The molecule has 0 bridgehead atoms. The summed E-state index contributed by atoms with van der Waals surface area (Å²) in [5.74, 6) is 1.49. The maximum atomic E-state index is 4.80. The van der Waals surface area contributed by atoms with Gasteiger partial charge in [-0.25, -0.2) is 0 Å². The Labute approximate surface area is 347 Å². The molecule has 5 heterocycles. The zero-order valence-corrected chi connectivity index (χ0v) is 33.7. The number of benzene rings is 7. The molecule has 0 spiro atoms. The lowest BCUT2D eigenvalue weighted by Gasteiger charge is -2.42. The number of aromatic nitrogens is 6. The van der Waals surface area contributed by atoms with Crippen LogP contribution in [0.4, 0.5) is 34.1 Å². The molecule has 2 aliphatic heterocycles. The minimum atomic E-state index is -0.119. The largest absolute Gasteiger partial charge is 0.310 e. The molecule has 0 saturated heterocycles. The third kappa shape index (κ3) is 4.73. The van der Waals surface area contributed by atoms with Gasteiger partial charge in [0, 0.05) is 33.3 Å². The summed E-state index contributed by atoms with van der Waals surface area (Å²) in [6.45, 7) is 9.25. The fourth-order valence-electron chi connectivity index (χ4n) is 9.94. The van der Waals surface area contributed by atoms with Gasteiger partial charge in [0.2, 0.25) is 11.3 Å². The lowest BCUT2D eigenvalue weighted by atomic mass is 9.73. The number of anilines is 6. The van der Waals surface area contributed by atoms with Crippen molar-refractivity contribution in [2.75, 3.05) is 9.80 Å². The highest BCUT2D eigenvalue weighted by atomic mass is 15.3. The summed E-state index contributed by atoms with van der Waals surface area (Å²) >= 11 is 0. The van der Waals surface area contributed by atoms with Crippen LogP contribution in [0.1, 0.15) is 49.9 Å². The molecular weight excluding hydrogens is 737 g/mol. The summed E-state index contributed by atoms with van der Waals surface area (Å²) in [5.41, 5.74) is 17.1. The second kappa shape index (κ2) is 12.5. The van der Waals surface area contributed by atoms with Crippen LogP contribution in [0.5, 0.6) is 0 Å². The van der Waals surface area contributed by atoms with E-state index in [1.807, 2.05) is 0 Å². The van der Waals surface area contributed by atoms with E-state index in [2.05, 4.69) is 216 Å². The molecule has 12 rings (SSSR count). The van der Waals surface area contributed by atoms with Gasteiger partial charge in [0.15, 0.2) is 11.6 Å². The Morgan fingerprint density at radius 1 is 0.333 bits per heavy atom. The smallest absolute Gasteiger partial charge is 0.207 e. The van der Waals surface area contributed by atoms with E-state index in [0.29, 0.717) is 11.3 Å². The zero-order valence-electron chi connectivity index (χ0n) is 33.7. The Hall–Kier alpha value is -7.58. The summed E-state index contributed by atoms with van der Waals surface area (Å²) in [4.78, 5) is 4.74. The van der Waals surface area contributed by atoms with Gasteiger partial charge in [0.05, 0.1) is 33.8 Å². The molecule has 3 aromatic heterocycles. The van der Waals surface area contributed by atoms with Crippen molar-refractivity contribution in [2.45, 2.75) is 38.5 Å². The Morgan fingerprint density at radius 3 is 0.967 bits per heavy atom. The van der Waals surface area contributed by atoms with Crippen LogP contribution in [0.3, 0.4) is 0 Å². The average Bonchev–Trinajstić information content (AvgIpc) is 3.94. The van der Waals surface area contributed by atoms with E-state index >= 15 is 0 Å². The molecule has 0 unspecified atom stereocenters. The first-order chi connectivity index (χ1) is 29.3. The lowest BCUT2D eigenvalue weighted by Crippen LogP contribution is -2.30. The van der Waals surface area contributed by atoms with Crippen molar-refractivity contribution in [3.05, 3.63) is 192 Å². The molecular formula is C52H40N8. The SMILES string of the molecule is CC1(C)c2ccccc2N(c2ccc(-c3nnc4c5nnc(-c6ccc(N7c8ccccc8C(C)(C)c8ccccc87)cc6)n5c5ccccc5n34)cc2)c2ccccc21. The van der Waals surface area contributed by atoms with Gasteiger partial charge in [-0.1, -0.05) is 113 Å². The van der Waals surface area contributed by atoms with Gasteiger partial charge in [-0.05, 0) is 107 Å². The second-order valence-corrected chi connectivity index (χ2v) is 16.9. The fraction of sp³-hybridized carbons (Fsp3) is 0.115. The number of nitrogens with zero attached hydrogens (tertiary/aromatic N) is 8. The number of hydrogen-bond donors (Lipinski definition) is 0. The van der Waals surface area contributed by atoms with Gasteiger partial charge in [-0.3, -0.25) is 8.80 Å². The molecule has 0 atom stereocenters. The molecule has 2 aliphatic rings. The van der Waals surface area contributed by atoms with E-state index < -0.39 is 0 Å². The molecule has 0 fully saturated rings. The zero-order chi connectivity index (χ0) is 40.3. The molecule has 0 N–H and O–H groups in total. The normalized spacial score (nSPS) is 14.9. The van der Waals surface area contributed by atoms with Crippen LogP contribution in [-0.4, -0.2) is 29.2 Å². The first-order valence-corrected chi connectivity index (χ1v) is 20.5. The summed E-state index contributed by atoms with van der Waals surface area (Å²) < 4.78 is 4.23. The molecule has 60 heavy (non-hydrogen) atoms. The maximum Gasteiger partial charge on any atom is 0.207 e. The van der Waals surface area contributed by atoms with Gasteiger partial charge in [0.1, 0.15) is 0 Å². The van der Waals surface area contributed by atoms with Crippen LogP contribution in [0, 0.1) is 0 Å². The summed E-state index contributed by atoms with van der Waals surface area (Å²) in [6, 6.07) is 60.6. The highest BCUT2D eigenvalue weighted by Crippen LogP contribution is 2.53. The molecule has 8 nitrogen and oxygen atoms in total. The van der Waals surface area contributed by atoms with E-state index in [1.54, 1.807) is 0 Å². The van der Waals surface area contributed by atoms with E-state index in [9.17, 15) is 0 Å². The Morgan fingerprint density at radius 2 is 0.633 bits per heavy atom. The third-order valence-corrected chi connectivity index (χ3v) is 12.9. The van der Waals surface area contributed by atoms with E-state index in [1.165, 1.54) is 45.0 Å². The number of rotatable bonds is 4. The summed E-state index contributed by atoms with van der Waals surface area (Å²) in [6.07, 6.45) is 0. The van der Waals surface area contributed by atoms with Gasteiger partial charge in [0.25, 0.3) is 0 Å². The highest BCUT2D eigenvalue weighted by molar-refractivity contribution is 5.91. The number of para-hydroxylation sites is 6. The van der Waals surface area contributed by atoms with Gasteiger partial charge < -0.3 is 9.80 Å². The molecule has 0 saturated carbocycles. The van der Waals surface area contributed by atoms with Gasteiger partial charge >= 0.3 is 0 Å². The minimum absolute atomic E-state index is 0.119. The van der Waals surface area contributed by atoms with Crippen LogP contribution >= 0.6 is 0 Å². The van der Waals surface area contributed by atoms with Gasteiger partial charge in [-0.2, -0.15) is 0 Å². The molecule has 8 heteroatoms. The maximum absolute atomic E-state index is 4.80.